The lowest BCUT2D eigenvalue weighted by Crippen LogP contribution is -2.45. The number of aromatic nitrogens is 2. The minimum absolute atomic E-state index is 0.00421. The van der Waals surface area contributed by atoms with Gasteiger partial charge in [0.2, 0.25) is 17.8 Å². The molecular formula is C27H33F2N7O2. The number of likely N-dealkylation sites (tertiary alicyclic amines) is 1. The molecule has 3 rings (SSSR count). The molecule has 202 valence electrons. The third-order valence-corrected chi connectivity index (χ3v) is 5.67. The summed E-state index contributed by atoms with van der Waals surface area (Å²) in [6.45, 7) is 0.848. The van der Waals surface area contributed by atoms with Crippen molar-refractivity contribution in [3.63, 3.8) is 0 Å². The number of amides is 2. The quantitative estimate of drug-likeness (QED) is 0.249. The summed E-state index contributed by atoms with van der Waals surface area (Å²) in [4.78, 5) is 36.8. The lowest BCUT2D eigenvalue weighted by Gasteiger charge is -2.22. The summed E-state index contributed by atoms with van der Waals surface area (Å²) < 4.78 is 27.4. The number of benzene rings is 1. The summed E-state index contributed by atoms with van der Waals surface area (Å²) in [6, 6.07) is 5.17. The average molecular weight is 526 g/mol. The molecule has 1 aromatic carbocycles. The van der Waals surface area contributed by atoms with Crippen molar-refractivity contribution in [2.75, 3.05) is 51.4 Å². The van der Waals surface area contributed by atoms with Gasteiger partial charge in [0.25, 0.3) is 0 Å². The molecule has 2 aromatic rings. The Bertz CT molecular complexity index is 1210. The van der Waals surface area contributed by atoms with Gasteiger partial charge in [-0.2, -0.15) is 4.98 Å². The maximum atomic E-state index is 14.0. The SMILES string of the molecule is CNc1nc(Nc2cccc(F)c2)ncc1C#CCCCNC(=O)[C@@H]1C[C@H](F)CN1C(=O)C=CCN(C)C. The molecule has 0 aliphatic carbocycles. The number of nitrogens with one attached hydrogen (secondary N) is 3. The predicted octanol–water partition coefficient (Wildman–Crippen LogP) is 2.71. The van der Waals surface area contributed by atoms with Crippen molar-refractivity contribution in [2.24, 2.45) is 0 Å². The Balaban J connectivity index is 1.48. The first-order valence-corrected chi connectivity index (χ1v) is 12.4. The van der Waals surface area contributed by atoms with Crippen LogP contribution < -0.4 is 16.0 Å². The Labute approximate surface area is 221 Å². The summed E-state index contributed by atoms with van der Waals surface area (Å²) in [5, 5.41) is 8.71. The summed E-state index contributed by atoms with van der Waals surface area (Å²) >= 11 is 0. The van der Waals surface area contributed by atoms with E-state index in [4.69, 9.17) is 0 Å². The number of hydrogen-bond acceptors (Lipinski definition) is 7. The highest BCUT2D eigenvalue weighted by atomic mass is 19.1. The minimum atomic E-state index is -1.22. The van der Waals surface area contributed by atoms with Crippen LogP contribution in [0.2, 0.25) is 0 Å². The number of nitrogens with zero attached hydrogens (tertiary/aromatic N) is 4. The third-order valence-electron chi connectivity index (χ3n) is 5.67. The fourth-order valence-corrected chi connectivity index (χ4v) is 3.82. The van der Waals surface area contributed by atoms with Gasteiger partial charge in [-0.15, -0.1) is 0 Å². The van der Waals surface area contributed by atoms with E-state index in [0.29, 0.717) is 48.9 Å². The maximum Gasteiger partial charge on any atom is 0.247 e. The van der Waals surface area contributed by atoms with Gasteiger partial charge in [-0.3, -0.25) is 9.59 Å². The van der Waals surface area contributed by atoms with E-state index >= 15 is 0 Å². The number of anilines is 3. The molecule has 2 atom stereocenters. The fraction of sp³-hybridized carbons (Fsp3) is 0.407. The van der Waals surface area contributed by atoms with Crippen LogP contribution in [0.25, 0.3) is 0 Å². The van der Waals surface area contributed by atoms with Crippen molar-refractivity contribution in [2.45, 2.75) is 31.5 Å². The van der Waals surface area contributed by atoms with E-state index in [-0.39, 0.29) is 30.6 Å². The molecule has 0 bridgehead atoms. The topological polar surface area (TPSA) is 102 Å². The lowest BCUT2D eigenvalue weighted by molar-refractivity contribution is -0.135. The number of likely N-dealkylation sites (N-methyl/N-ethyl adjacent to an activating group) is 1. The monoisotopic (exact) mass is 525 g/mol. The number of carbonyl (C=O) groups excluding carboxylic acids is 2. The summed E-state index contributed by atoms with van der Waals surface area (Å²) in [6.07, 6.45) is 4.51. The highest BCUT2D eigenvalue weighted by Crippen LogP contribution is 2.21. The molecule has 0 unspecified atom stereocenters. The Kier molecular flexibility index (Phi) is 10.5. The second-order valence-electron chi connectivity index (χ2n) is 9.04. The van der Waals surface area contributed by atoms with Gasteiger partial charge in [0.1, 0.15) is 23.8 Å². The van der Waals surface area contributed by atoms with Gasteiger partial charge >= 0.3 is 0 Å². The zero-order chi connectivity index (χ0) is 27.5. The minimum Gasteiger partial charge on any atom is -0.372 e. The zero-order valence-corrected chi connectivity index (χ0v) is 21.8. The highest BCUT2D eigenvalue weighted by Gasteiger charge is 2.38. The van der Waals surface area contributed by atoms with Crippen LogP contribution in [0.3, 0.4) is 0 Å². The van der Waals surface area contributed by atoms with Crippen LogP contribution >= 0.6 is 0 Å². The molecule has 0 spiro atoms. The van der Waals surface area contributed by atoms with Crippen LogP contribution in [0, 0.1) is 17.7 Å². The zero-order valence-electron chi connectivity index (χ0n) is 21.8. The molecule has 38 heavy (non-hydrogen) atoms. The summed E-state index contributed by atoms with van der Waals surface area (Å²) in [5.74, 6) is 5.78. The molecule has 0 radical (unpaired) electrons. The van der Waals surface area contributed by atoms with E-state index in [2.05, 4.69) is 37.8 Å². The first-order valence-electron chi connectivity index (χ1n) is 12.4. The van der Waals surface area contributed by atoms with E-state index in [9.17, 15) is 18.4 Å². The average Bonchev–Trinajstić information content (AvgIpc) is 3.28. The molecule has 1 saturated heterocycles. The Morgan fingerprint density at radius 1 is 1.32 bits per heavy atom. The van der Waals surface area contributed by atoms with Gasteiger partial charge in [-0.1, -0.05) is 24.0 Å². The van der Waals surface area contributed by atoms with Gasteiger partial charge < -0.3 is 25.8 Å². The molecule has 1 aliphatic heterocycles. The number of alkyl halides is 1. The van der Waals surface area contributed by atoms with Crippen molar-refractivity contribution in [3.8, 4) is 11.8 Å². The number of unbranched alkanes of at least 4 members (excludes halogenated alkanes) is 1. The highest BCUT2D eigenvalue weighted by molar-refractivity contribution is 5.93. The van der Waals surface area contributed by atoms with Crippen molar-refractivity contribution >= 4 is 29.3 Å². The van der Waals surface area contributed by atoms with Gasteiger partial charge in [0, 0.05) is 44.7 Å². The number of halogens is 2. The van der Waals surface area contributed by atoms with E-state index < -0.39 is 12.2 Å². The van der Waals surface area contributed by atoms with Crippen molar-refractivity contribution < 1.29 is 18.4 Å². The molecule has 2 amide bonds. The normalized spacial score (nSPS) is 16.8. The number of carbonyl (C=O) groups is 2. The van der Waals surface area contributed by atoms with E-state index in [0.717, 1.165) is 0 Å². The largest absolute Gasteiger partial charge is 0.372 e. The van der Waals surface area contributed by atoms with E-state index in [1.165, 1.54) is 23.1 Å². The first kappa shape index (κ1) is 28.5. The summed E-state index contributed by atoms with van der Waals surface area (Å²) in [5.41, 5.74) is 1.12. The van der Waals surface area contributed by atoms with Gasteiger partial charge in [-0.25, -0.2) is 13.8 Å². The maximum absolute atomic E-state index is 14.0. The van der Waals surface area contributed by atoms with E-state index in [1.807, 2.05) is 19.0 Å². The number of rotatable bonds is 10. The second-order valence-corrected chi connectivity index (χ2v) is 9.04. The smallest absolute Gasteiger partial charge is 0.247 e. The molecule has 3 N–H and O–H groups in total. The van der Waals surface area contributed by atoms with Crippen LogP contribution in [0.15, 0.2) is 42.6 Å². The molecule has 2 heterocycles. The molecular weight excluding hydrogens is 492 g/mol. The Hall–Kier alpha value is -4.04. The van der Waals surface area contributed by atoms with Gasteiger partial charge in [-0.05, 0) is 38.7 Å². The lowest BCUT2D eigenvalue weighted by atomic mass is 10.2. The Morgan fingerprint density at radius 2 is 2.13 bits per heavy atom. The van der Waals surface area contributed by atoms with Crippen molar-refractivity contribution in [3.05, 3.63) is 54.0 Å². The van der Waals surface area contributed by atoms with Crippen molar-refractivity contribution in [1.82, 2.24) is 25.1 Å². The third kappa shape index (κ3) is 8.52. The Morgan fingerprint density at radius 3 is 2.87 bits per heavy atom. The first-order chi connectivity index (χ1) is 18.3. The molecule has 0 saturated carbocycles. The molecule has 1 aromatic heterocycles. The second kappa shape index (κ2) is 14.0. The van der Waals surface area contributed by atoms with Crippen LogP contribution in [-0.2, 0) is 9.59 Å². The van der Waals surface area contributed by atoms with Crippen LogP contribution in [0.4, 0.5) is 26.2 Å². The molecule has 1 aliphatic rings. The van der Waals surface area contributed by atoms with Crippen molar-refractivity contribution in [1.29, 1.82) is 0 Å². The van der Waals surface area contributed by atoms with Crippen LogP contribution in [-0.4, -0.2) is 84.6 Å². The molecule has 11 heteroatoms. The van der Waals surface area contributed by atoms with Crippen LogP contribution in [0.1, 0.15) is 24.8 Å². The van der Waals surface area contributed by atoms with E-state index in [1.54, 1.807) is 31.5 Å². The van der Waals surface area contributed by atoms with Gasteiger partial charge in [0.05, 0.1) is 18.3 Å². The van der Waals surface area contributed by atoms with Gasteiger partial charge in [0.15, 0.2) is 0 Å². The molecule has 1 fully saturated rings. The predicted molar refractivity (Wildman–Crippen MR) is 143 cm³/mol. The van der Waals surface area contributed by atoms with Crippen LogP contribution in [0.5, 0.6) is 0 Å². The standard InChI is InChI=1S/C27H33F2N7O2/c1-30-25-19(17-32-27(34-25)33-22-11-7-10-20(28)15-22)9-5-4-6-13-31-26(38)23-16-21(29)18-36(23)24(37)12-8-14-35(2)3/h7-8,10-12,15,17,21,23H,4,6,13-14,16,18H2,1-3H3,(H,31,38)(H2,30,32,33,34)/t21-,23-/m0/s1. The number of hydrogen-bond donors (Lipinski definition) is 3. The fourth-order valence-electron chi connectivity index (χ4n) is 3.82. The molecule has 9 nitrogen and oxygen atoms in total. The summed E-state index contributed by atoms with van der Waals surface area (Å²) in [7, 11) is 5.47.